The lowest BCUT2D eigenvalue weighted by Gasteiger charge is -2.30. The maximum Gasteiger partial charge on any atom is 0.121 e. The zero-order valence-corrected chi connectivity index (χ0v) is 15.0. The molecule has 4 heteroatoms. The highest BCUT2D eigenvalue weighted by Crippen LogP contribution is 2.33. The summed E-state index contributed by atoms with van der Waals surface area (Å²) in [5.74, 6) is 1.40. The Labute approximate surface area is 153 Å². The highest BCUT2D eigenvalue weighted by Gasteiger charge is 2.30. The number of amidine groups is 1. The summed E-state index contributed by atoms with van der Waals surface area (Å²) in [5, 5.41) is 2.34. The van der Waals surface area contributed by atoms with E-state index in [9.17, 15) is 0 Å². The van der Waals surface area contributed by atoms with E-state index in [1.165, 1.54) is 5.39 Å². The van der Waals surface area contributed by atoms with Gasteiger partial charge in [-0.25, -0.2) is 0 Å². The van der Waals surface area contributed by atoms with Gasteiger partial charge in [0.25, 0.3) is 0 Å². The molecule has 3 aromatic carbocycles. The summed E-state index contributed by atoms with van der Waals surface area (Å²) in [7, 11) is 1.69. The Kier molecular flexibility index (Phi) is 4.13. The van der Waals surface area contributed by atoms with Gasteiger partial charge in [-0.05, 0) is 58.7 Å². The van der Waals surface area contributed by atoms with Gasteiger partial charge in [0.2, 0.25) is 0 Å². The van der Waals surface area contributed by atoms with Crippen LogP contribution in [0, 0.1) is 0 Å². The Morgan fingerprint density at radius 2 is 1.81 bits per heavy atom. The average molecular weight is 346 g/mol. The first-order valence-corrected chi connectivity index (χ1v) is 8.68. The van der Waals surface area contributed by atoms with Gasteiger partial charge in [-0.15, -0.1) is 0 Å². The number of rotatable bonds is 3. The van der Waals surface area contributed by atoms with E-state index in [0.29, 0.717) is 19.0 Å². The van der Waals surface area contributed by atoms with E-state index in [2.05, 4.69) is 66.5 Å². The normalized spacial score (nSPS) is 20.0. The largest absolute Gasteiger partial charge is 0.497 e. The molecule has 1 aliphatic heterocycles. The summed E-state index contributed by atoms with van der Waals surface area (Å²) in [6, 6.07) is 21.0. The standard InChI is InChI=1S/C22H22N2O2/c1-22(14-26-13-21(23)24-22)19-5-3-4-16(11-19)17-7-6-15-8-9-20(25-2)12-18(15)10-17/h3-12H,13-14H2,1-2H3,(H2,23,24). The van der Waals surface area contributed by atoms with Crippen molar-refractivity contribution in [1.29, 1.82) is 0 Å². The fourth-order valence-corrected chi connectivity index (χ4v) is 3.45. The van der Waals surface area contributed by atoms with Crippen molar-refractivity contribution in [3.05, 3.63) is 66.2 Å². The maximum atomic E-state index is 5.90. The SMILES string of the molecule is COc1ccc2ccc(-c3cccc(C4(C)COCC(N)=N4)c3)cc2c1. The van der Waals surface area contributed by atoms with Gasteiger partial charge >= 0.3 is 0 Å². The lowest BCUT2D eigenvalue weighted by Crippen LogP contribution is -2.37. The van der Waals surface area contributed by atoms with Gasteiger partial charge < -0.3 is 15.2 Å². The number of benzene rings is 3. The zero-order chi connectivity index (χ0) is 18.1. The molecule has 26 heavy (non-hydrogen) atoms. The Hall–Kier alpha value is -2.85. The van der Waals surface area contributed by atoms with Crippen molar-refractivity contribution >= 4 is 16.6 Å². The van der Waals surface area contributed by atoms with Crippen LogP contribution in [0.1, 0.15) is 12.5 Å². The molecule has 0 aliphatic carbocycles. The van der Waals surface area contributed by atoms with Gasteiger partial charge in [0.15, 0.2) is 0 Å². The summed E-state index contributed by atoms with van der Waals surface area (Å²) < 4.78 is 11.0. The van der Waals surface area contributed by atoms with Crippen LogP contribution in [0.2, 0.25) is 0 Å². The number of aliphatic imine (C=N–C) groups is 1. The molecular weight excluding hydrogens is 324 g/mol. The van der Waals surface area contributed by atoms with Crippen LogP contribution in [0.3, 0.4) is 0 Å². The minimum absolute atomic E-state index is 0.405. The second-order valence-corrected chi connectivity index (χ2v) is 6.88. The molecule has 1 aliphatic rings. The zero-order valence-electron chi connectivity index (χ0n) is 15.0. The molecule has 4 nitrogen and oxygen atoms in total. The quantitative estimate of drug-likeness (QED) is 0.776. The third-order valence-electron chi connectivity index (χ3n) is 4.89. The number of nitrogens with zero attached hydrogens (tertiary/aromatic N) is 1. The lowest BCUT2D eigenvalue weighted by molar-refractivity contribution is 0.106. The van der Waals surface area contributed by atoms with Crippen molar-refractivity contribution in [2.75, 3.05) is 20.3 Å². The van der Waals surface area contributed by atoms with Crippen molar-refractivity contribution in [2.24, 2.45) is 10.7 Å². The first-order chi connectivity index (χ1) is 12.6. The third kappa shape index (κ3) is 3.04. The van der Waals surface area contributed by atoms with E-state index in [1.807, 2.05) is 6.07 Å². The van der Waals surface area contributed by atoms with E-state index in [4.69, 9.17) is 15.2 Å². The van der Waals surface area contributed by atoms with E-state index < -0.39 is 5.54 Å². The van der Waals surface area contributed by atoms with E-state index >= 15 is 0 Å². The topological polar surface area (TPSA) is 56.8 Å². The van der Waals surface area contributed by atoms with E-state index in [1.54, 1.807) is 7.11 Å². The Morgan fingerprint density at radius 1 is 1.00 bits per heavy atom. The molecule has 0 saturated carbocycles. The molecule has 0 saturated heterocycles. The second kappa shape index (κ2) is 6.46. The summed E-state index contributed by atoms with van der Waals surface area (Å²) in [6.45, 7) is 3.00. The van der Waals surface area contributed by atoms with Crippen LogP contribution >= 0.6 is 0 Å². The molecule has 0 amide bonds. The van der Waals surface area contributed by atoms with Crippen molar-refractivity contribution in [3.8, 4) is 16.9 Å². The van der Waals surface area contributed by atoms with Crippen molar-refractivity contribution < 1.29 is 9.47 Å². The third-order valence-corrected chi connectivity index (χ3v) is 4.89. The number of fused-ring (bicyclic) bond motifs is 1. The molecule has 0 spiro atoms. The molecule has 3 aromatic rings. The van der Waals surface area contributed by atoms with Crippen LogP contribution in [0.25, 0.3) is 21.9 Å². The number of hydrogen-bond donors (Lipinski definition) is 1. The highest BCUT2D eigenvalue weighted by atomic mass is 16.5. The predicted molar refractivity (Wildman–Crippen MR) is 106 cm³/mol. The predicted octanol–water partition coefficient (Wildman–Crippen LogP) is 4.12. The first kappa shape index (κ1) is 16.6. The van der Waals surface area contributed by atoms with Gasteiger partial charge in [0, 0.05) is 0 Å². The molecule has 1 heterocycles. The van der Waals surface area contributed by atoms with Gasteiger partial charge in [-0.1, -0.05) is 36.4 Å². The monoisotopic (exact) mass is 346 g/mol. The fourth-order valence-electron chi connectivity index (χ4n) is 3.45. The average Bonchev–Trinajstić information content (AvgIpc) is 2.67. The molecular formula is C22H22N2O2. The van der Waals surface area contributed by atoms with Crippen molar-refractivity contribution in [2.45, 2.75) is 12.5 Å². The smallest absolute Gasteiger partial charge is 0.121 e. The molecule has 1 atom stereocenters. The molecule has 0 radical (unpaired) electrons. The van der Waals surface area contributed by atoms with E-state index in [-0.39, 0.29) is 0 Å². The molecule has 0 fully saturated rings. The molecule has 0 aromatic heterocycles. The Morgan fingerprint density at radius 3 is 2.62 bits per heavy atom. The van der Waals surface area contributed by atoms with Gasteiger partial charge in [0.05, 0.1) is 13.7 Å². The molecule has 132 valence electrons. The van der Waals surface area contributed by atoms with Crippen LogP contribution in [0.4, 0.5) is 0 Å². The van der Waals surface area contributed by atoms with Crippen LogP contribution in [-0.4, -0.2) is 26.2 Å². The van der Waals surface area contributed by atoms with Gasteiger partial charge in [-0.2, -0.15) is 0 Å². The first-order valence-electron chi connectivity index (χ1n) is 8.68. The Balaban J connectivity index is 1.77. The minimum atomic E-state index is -0.446. The summed E-state index contributed by atoms with van der Waals surface area (Å²) in [6.07, 6.45) is 0. The van der Waals surface area contributed by atoms with E-state index in [0.717, 1.165) is 27.8 Å². The Bertz CT molecular complexity index is 996. The van der Waals surface area contributed by atoms with Crippen LogP contribution in [0.15, 0.2) is 65.7 Å². The summed E-state index contributed by atoms with van der Waals surface area (Å²) >= 11 is 0. The van der Waals surface area contributed by atoms with Crippen molar-refractivity contribution in [1.82, 2.24) is 0 Å². The highest BCUT2D eigenvalue weighted by molar-refractivity contribution is 5.88. The second-order valence-electron chi connectivity index (χ2n) is 6.88. The van der Waals surface area contributed by atoms with Gasteiger partial charge in [-0.3, -0.25) is 4.99 Å². The van der Waals surface area contributed by atoms with Crippen LogP contribution in [-0.2, 0) is 10.3 Å². The number of ether oxygens (including phenoxy) is 2. The van der Waals surface area contributed by atoms with Crippen LogP contribution in [0.5, 0.6) is 5.75 Å². The number of methoxy groups -OCH3 is 1. The maximum absolute atomic E-state index is 5.90. The minimum Gasteiger partial charge on any atom is -0.497 e. The lowest BCUT2D eigenvalue weighted by atomic mass is 9.90. The number of hydrogen-bond acceptors (Lipinski definition) is 4. The summed E-state index contributed by atoms with van der Waals surface area (Å²) in [5.41, 5.74) is 8.86. The molecule has 0 bridgehead atoms. The molecule has 4 rings (SSSR count). The van der Waals surface area contributed by atoms with Crippen LogP contribution < -0.4 is 10.5 Å². The fraction of sp³-hybridized carbons (Fsp3) is 0.227. The van der Waals surface area contributed by atoms with Gasteiger partial charge in [0.1, 0.15) is 23.7 Å². The number of nitrogens with two attached hydrogens (primary N) is 1. The molecule has 1 unspecified atom stereocenters. The summed E-state index contributed by atoms with van der Waals surface area (Å²) in [4.78, 5) is 4.64. The molecule has 2 N–H and O–H groups in total. The van der Waals surface area contributed by atoms with Crippen molar-refractivity contribution in [3.63, 3.8) is 0 Å².